The van der Waals surface area contributed by atoms with Gasteiger partial charge in [-0.1, -0.05) is 29.3 Å². The van der Waals surface area contributed by atoms with Crippen molar-refractivity contribution in [2.24, 2.45) is 5.92 Å². The molecule has 35 heavy (non-hydrogen) atoms. The van der Waals surface area contributed by atoms with E-state index in [9.17, 15) is 18.4 Å². The number of nitrogens with one attached hydrogen (secondary N) is 2. The number of carbonyl (C=O) groups excluding carboxylic acids is 2. The number of nitrogen functional groups attached to an aromatic ring is 1. The number of nitrogens with two attached hydrogens (primary N) is 1. The largest absolute Gasteiger partial charge is 0.394 e. The summed E-state index contributed by atoms with van der Waals surface area (Å²) in [5.74, 6) is -4.60. The molecule has 1 saturated carbocycles. The molecule has 1 aliphatic carbocycles. The van der Waals surface area contributed by atoms with Crippen molar-refractivity contribution in [3.8, 4) is 0 Å². The number of carbonyl (C=O) groups is 2. The Morgan fingerprint density at radius 3 is 2.34 bits per heavy atom. The van der Waals surface area contributed by atoms with Crippen molar-refractivity contribution in [2.45, 2.75) is 10.3 Å². The maximum Gasteiger partial charge on any atom is 0.257 e. The molecule has 0 spiro atoms. The lowest BCUT2D eigenvalue weighted by Gasteiger charge is -2.11. The molecule has 0 unspecified atom stereocenters. The molecule has 3 aromatic rings. The minimum Gasteiger partial charge on any atom is -0.394 e. The third-order valence-corrected chi connectivity index (χ3v) is 7.98. The number of rotatable bonds is 5. The fourth-order valence-electron chi connectivity index (χ4n) is 3.63. The average Bonchev–Trinajstić information content (AvgIpc) is 3.39. The summed E-state index contributed by atoms with van der Waals surface area (Å²) >= 11 is 28.3. The molecule has 12 heteroatoms. The van der Waals surface area contributed by atoms with E-state index in [4.69, 9.17) is 52.1 Å². The Balaban J connectivity index is 1.52. The van der Waals surface area contributed by atoms with Crippen LogP contribution < -0.4 is 16.4 Å². The summed E-state index contributed by atoms with van der Waals surface area (Å²) in [7, 11) is 0. The monoisotopic (exact) mass is 621 g/mol. The number of hydrogen-bond acceptors (Lipinski definition) is 3. The van der Waals surface area contributed by atoms with Crippen molar-refractivity contribution in [3.05, 3.63) is 85.8 Å². The molecule has 2 atom stereocenters. The molecule has 1 aliphatic rings. The Kier molecular flexibility index (Phi) is 7.23. The summed E-state index contributed by atoms with van der Waals surface area (Å²) in [6.07, 6.45) is 0. The highest BCUT2D eigenvalue weighted by Gasteiger charge is 2.67. The van der Waals surface area contributed by atoms with Gasteiger partial charge in [0.05, 0.1) is 27.2 Å². The quantitative estimate of drug-likeness (QED) is 0.205. The molecule has 3 aromatic carbocycles. The van der Waals surface area contributed by atoms with E-state index in [0.29, 0.717) is 9.50 Å². The van der Waals surface area contributed by atoms with Gasteiger partial charge in [0.2, 0.25) is 5.91 Å². The average molecular weight is 624 g/mol. The Hall–Kier alpha value is -2.10. The van der Waals surface area contributed by atoms with E-state index in [-0.39, 0.29) is 22.0 Å². The van der Waals surface area contributed by atoms with Crippen molar-refractivity contribution < 1.29 is 18.4 Å². The van der Waals surface area contributed by atoms with Gasteiger partial charge in [0.25, 0.3) is 5.91 Å². The van der Waals surface area contributed by atoms with Gasteiger partial charge in [-0.25, -0.2) is 8.78 Å². The van der Waals surface area contributed by atoms with E-state index in [2.05, 4.69) is 26.6 Å². The van der Waals surface area contributed by atoms with E-state index in [1.54, 1.807) is 18.2 Å². The third kappa shape index (κ3) is 5.08. The maximum absolute atomic E-state index is 14.2. The zero-order valence-corrected chi connectivity index (χ0v) is 21.9. The van der Waals surface area contributed by atoms with Gasteiger partial charge in [0, 0.05) is 16.1 Å². The van der Waals surface area contributed by atoms with Gasteiger partial charge in [-0.3, -0.25) is 9.59 Å². The van der Waals surface area contributed by atoms with Crippen LogP contribution in [-0.4, -0.2) is 16.1 Å². The molecule has 0 saturated heterocycles. The van der Waals surface area contributed by atoms with Crippen molar-refractivity contribution in [1.82, 2.24) is 0 Å². The first-order valence-corrected chi connectivity index (χ1v) is 12.2. The van der Waals surface area contributed by atoms with Crippen molar-refractivity contribution in [1.29, 1.82) is 0 Å². The SMILES string of the molecule is Nc1c(F)ccc(NC(=O)c2cc(NC(=O)[C@H]3[C@H](c4ccc(Cl)c(Br)c4)C3(Cl)Cl)ccc2Cl)c1F. The molecule has 0 aliphatic heterocycles. The Morgan fingerprint density at radius 2 is 1.66 bits per heavy atom. The molecule has 0 heterocycles. The molecular formula is C23H14BrCl4F2N3O2. The van der Waals surface area contributed by atoms with Crippen molar-refractivity contribution in [2.75, 3.05) is 16.4 Å². The first kappa shape index (κ1) is 26.0. The number of hydrogen-bond donors (Lipinski definition) is 3. The molecule has 1 fully saturated rings. The van der Waals surface area contributed by atoms with E-state index in [0.717, 1.165) is 17.7 Å². The first-order valence-electron chi connectivity index (χ1n) is 9.89. The van der Waals surface area contributed by atoms with Crippen molar-refractivity contribution >= 4 is 91.2 Å². The molecule has 5 nitrogen and oxygen atoms in total. The lowest BCUT2D eigenvalue weighted by molar-refractivity contribution is -0.117. The molecule has 2 amide bonds. The predicted octanol–water partition coefficient (Wildman–Crippen LogP) is 7.39. The molecule has 182 valence electrons. The highest BCUT2D eigenvalue weighted by atomic mass is 79.9. The minimum absolute atomic E-state index is 0.0373. The van der Waals surface area contributed by atoms with Gasteiger partial charge < -0.3 is 16.4 Å². The van der Waals surface area contributed by atoms with Gasteiger partial charge in [-0.2, -0.15) is 0 Å². The summed E-state index contributed by atoms with van der Waals surface area (Å²) in [6, 6.07) is 11.3. The second kappa shape index (κ2) is 9.75. The van der Waals surface area contributed by atoms with Crippen LogP contribution in [-0.2, 0) is 4.79 Å². The van der Waals surface area contributed by atoms with E-state index < -0.39 is 45.3 Å². The Bertz CT molecular complexity index is 1370. The van der Waals surface area contributed by atoms with E-state index >= 15 is 0 Å². The zero-order chi connectivity index (χ0) is 25.7. The van der Waals surface area contributed by atoms with Crippen LogP contribution in [0.15, 0.2) is 53.0 Å². The lowest BCUT2D eigenvalue weighted by atomic mass is 10.1. The third-order valence-electron chi connectivity index (χ3n) is 5.49. The Morgan fingerprint density at radius 1 is 0.971 bits per heavy atom. The van der Waals surface area contributed by atoms with Gasteiger partial charge in [0.1, 0.15) is 15.8 Å². The van der Waals surface area contributed by atoms with Crippen LogP contribution in [0.3, 0.4) is 0 Å². The fourth-order valence-corrected chi connectivity index (χ4v) is 5.17. The summed E-state index contributed by atoms with van der Waals surface area (Å²) in [5, 5.41) is 5.50. The van der Waals surface area contributed by atoms with Crippen LogP contribution in [0.2, 0.25) is 10.0 Å². The highest BCUT2D eigenvalue weighted by Crippen LogP contribution is 2.65. The van der Waals surface area contributed by atoms with Gasteiger partial charge in [0.15, 0.2) is 5.82 Å². The fraction of sp³-hybridized carbons (Fsp3) is 0.130. The summed E-state index contributed by atoms with van der Waals surface area (Å²) in [4.78, 5) is 25.6. The second-order valence-corrected chi connectivity index (χ2v) is 10.9. The van der Waals surface area contributed by atoms with Gasteiger partial charge in [-0.15, -0.1) is 23.2 Å². The van der Waals surface area contributed by atoms with E-state index in [1.165, 1.54) is 18.2 Å². The molecule has 4 N–H and O–H groups in total. The summed E-state index contributed by atoms with van der Waals surface area (Å²) in [6.45, 7) is 0. The number of benzene rings is 3. The summed E-state index contributed by atoms with van der Waals surface area (Å²) in [5.41, 5.74) is 5.16. The molecule has 4 rings (SSSR count). The topological polar surface area (TPSA) is 84.2 Å². The highest BCUT2D eigenvalue weighted by molar-refractivity contribution is 9.10. The number of alkyl halides is 2. The van der Waals surface area contributed by atoms with Gasteiger partial charge >= 0.3 is 0 Å². The standard InChI is InChI=1S/C23H14BrCl4F2N3O2/c24-12-7-9(1-3-14(12)26)17-18(23(17,27)28)22(35)32-10-2-4-13(25)11(8-10)21(34)33-16-6-5-15(29)20(31)19(16)30/h1-8,17-18H,31H2,(H,32,35)(H,33,34)/t17-,18+/m0/s1. The molecule has 0 bridgehead atoms. The predicted molar refractivity (Wildman–Crippen MR) is 139 cm³/mol. The minimum atomic E-state index is -1.34. The number of halogens is 7. The van der Waals surface area contributed by atoms with Crippen LogP contribution in [0.4, 0.5) is 25.8 Å². The van der Waals surface area contributed by atoms with Gasteiger partial charge in [-0.05, 0) is 64.0 Å². The van der Waals surface area contributed by atoms with Crippen LogP contribution in [0.5, 0.6) is 0 Å². The molecule has 0 aromatic heterocycles. The lowest BCUT2D eigenvalue weighted by Crippen LogP contribution is -2.18. The molecule has 0 radical (unpaired) electrons. The van der Waals surface area contributed by atoms with Crippen LogP contribution in [0.25, 0.3) is 0 Å². The Labute approximate surface area is 227 Å². The van der Waals surface area contributed by atoms with Crippen molar-refractivity contribution in [3.63, 3.8) is 0 Å². The van der Waals surface area contributed by atoms with Crippen LogP contribution >= 0.6 is 62.3 Å². The normalized spacial score (nSPS) is 18.1. The van der Waals surface area contributed by atoms with Crippen LogP contribution in [0.1, 0.15) is 21.8 Å². The number of amides is 2. The first-order chi connectivity index (χ1) is 16.4. The smallest absolute Gasteiger partial charge is 0.257 e. The molecular weight excluding hydrogens is 610 g/mol. The van der Waals surface area contributed by atoms with E-state index in [1.807, 2.05) is 0 Å². The van der Waals surface area contributed by atoms with Crippen LogP contribution in [0, 0.1) is 17.6 Å². The maximum atomic E-state index is 14.2. The summed E-state index contributed by atoms with van der Waals surface area (Å²) < 4.78 is 26.9. The number of anilines is 3. The zero-order valence-electron chi connectivity index (χ0n) is 17.3. The second-order valence-electron chi connectivity index (χ2n) is 7.76.